The molecule has 6 heteroatoms. The fourth-order valence-electron chi connectivity index (χ4n) is 2.58. The van der Waals surface area contributed by atoms with E-state index in [9.17, 15) is 8.42 Å². The first-order valence-electron chi connectivity index (χ1n) is 6.98. The summed E-state index contributed by atoms with van der Waals surface area (Å²) < 4.78 is 23.3. The van der Waals surface area contributed by atoms with Crippen LogP contribution in [-0.4, -0.2) is 37.5 Å². The van der Waals surface area contributed by atoms with Crippen molar-refractivity contribution in [2.75, 3.05) is 23.0 Å². The number of aromatic nitrogens is 1. The second-order valence-electron chi connectivity index (χ2n) is 5.37. The van der Waals surface area contributed by atoms with Crippen molar-refractivity contribution in [1.29, 1.82) is 0 Å². The lowest BCUT2D eigenvalue weighted by molar-refractivity contribution is 0.566. The SMILES string of the molecule is CCCc1cc(CCl)cc(N2CCS(=O)(=O)CC2C)n1. The minimum Gasteiger partial charge on any atom is -0.352 e. The van der Waals surface area contributed by atoms with Crippen LogP contribution in [0.1, 0.15) is 31.5 Å². The second kappa shape index (κ2) is 6.31. The third-order valence-corrected chi connectivity index (χ3v) is 5.65. The van der Waals surface area contributed by atoms with Gasteiger partial charge in [-0.15, -0.1) is 11.6 Å². The minimum atomic E-state index is -2.90. The van der Waals surface area contributed by atoms with E-state index in [0.717, 1.165) is 29.9 Å². The summed E-state index contributed by atoms with van der Waals surface area (Å²) in [6.07, 6.45) is 1.94. The van der Waals surface area contributed by atoms with E-state index in [1.54, 1.807) is 0 Å². The van der Waals surface area contributed by atoms with Crippen molar-refractivity contribution in [1.82, 2.24) is 4.98 Å². The fourth-order valence-corrected chi connectivity index (χ4v) is 4.29. The molecule has 2 rings (SSSR count). The van der Waals surface area contributed by atoms with Crippen LogP contribution in [0.5, 0.6) is 0 Å². The van der Waals surface area contributed by atoms with Crippen LogP contribution in [0, 0.1) is 0 Å². The molecule has 0 bridgehead atoms. The van der Waals surface area contributed by atoms with Crippen LogP contribution in [0.2, 0.25) is 0 Å². The lowest BCUT2D eigenvalue weighted by Crippen LogP contribution is -2.47. The number of sulfone groups is 1. The molecule has 0 aromatic carbocycles. The van der Waals surface area contributed by atoms with E-state index >= 15 is 0 Å². The Labute approximate surface area is 126 Å². The largest absolute Gasteiger partial charge is 0.352 e. The lowest BCUT2D eigenvalue weighted by Gasteiger charge is -2.34. The predicted octanol–water partition coefficient (Wildman–Crippen LogP) is 2.40. The number of nitrogens with zero attached hydrogens (tertiary/aromatic N) is 2. The summed E-state index contributed by atoms with van der Waals surface area (Å²) >= 11 is 5.95. The number of alkyl halides is 1. The molecule has 0 saturated carbocycles. The average Bonchev–Trinajstić information content (AvgIpc) is 2.37. The van der Waals surface area contributed by atoms with Gasteiger partial charge in [0.15, 0.2) is 9.84 Å². The molecule has 4 nitrogen and oxygen atoms in total. The lowest BCUT2D eigenvalue weighted by atomic mass is 10.1. The number of anilines is 1. The van der Waals surface area contributed by atoms with Crippen molar-refractivity contribution < 1.29 is 8.42 Å². The molecule has 1 aromatic heterocycles. The first-order chi connectivity index (χ1) is 9.45. The normalized spacial score (nSPS) is 21.9. The molecular weight excluding hydrogens is 296 g/mol. The monoisotopic (exact) mass is 316 g/mol. The van der Waals surface area contributed by atoms with E-state index in [1.165, 1.54) is 0 Å². The topological polar surface area (TPSA) is 50.3 Å². The number of hydrogen-bond acceptors (Lipinski definition) is 4. The van der Waals surface area contributed by atoms with Gasteiger partial charge in [0.25, 0.3) is 0 Å². The van der Waals surface area contributed by atoms with Crippen molar-refractivity contribution in [2.24, 2.45) is 0 Å². The van der Waals surface area contributed by atoms with E-state index < -0.39 is 9.84 Å². The number of halogens is 1. The van der Waals surface area contributed by atoms with Gasteiger partial charge in [-0.3, -0.25) is 0 Å². The summed E-state index contributed by atoms with van der Waals surface area (Å²) in [6, 6.07) is 3.97. The summed E-state index contributed by atoms with van der Waals surface area (Å²) in [5, 5.41) is 0. The van der Waals surface area contributed by atoms with E-state index in [1.807, 2.05) is 19.1 Å². The molecular formula is C14H21ClN2O2S. The van der Waals surface area contributed by atoms with Crippen LogP contribution in [0.15, 0.2) is 12.1 Å². The van der Waals surface area contributed by atoms with Gasteiger partial charge in [-0.1, -0.05) is 13.3 Å². The Bertz CT molecular complexity index is 575. The Balaban J connectivity index is 2.29. The zero-order chi connectivity index (χ0) is 14.8. The first-order valence-corrected chi connectivity index (χ1v) is 9.33. The van der Waals surface area contributed by atoms with Crippen molar-refractivity contribution in [2.45, 2.75) is 38.6 Å². The van der Waals surface area contributed by atoms with Crippen LogP contribution >= 0.6 is 11.6 Å². The van der Waals surface area contributed by atoms with Gasteiger partial charge in [-0.05, 0) is 31.0 Å². The molecule has 1 unspecified atom stereocenters. The van der Waals surface area contributed by atoms with Crippen molar-refractivity contribution >= 4 is 27.3 Å². The summed E-state index contributed by atoms with van der Waals surface area (Å²) in [7, 11) is -2.90. The highest BCUT2D eigenvalue weighted by molar-refractivity contribution is 7.91. The van der Waals surface area contributed by atoms with Gasteiger partial charge < -0.3 is 4.90 Å². The Morgan fingerprint density at radius 1 is 1.45 bits per heavy atom. The van der Waals surface area contributed by atoms with Gasteiger partial charge >= 0.3 is 0 Å². The van der Waals surface area contributed by atoms with Crippen molar-refractivity contribution in [3.05, 3.63) is 23.4 Å². The number of hydrogen-bond donors (Lipinski definition) is 0. The molecule has 1 atom stereocenters. The molecule has 0 N–H and O–H groups in total. The van der Waals surface area contributed by atoms with Gasteiger partial charge in [-0.25, -0.2) is 13.4 Å². The van der Waals surface area contributed by atoms with Gasteiger partial charge in [0.1, 0.15) is 5.82 Å². The molecule has 1 aliphatic rings. The molecule has 1 aromatic rings. The quantitative estimate of drug-likeness (QED) is 0.800. The van der Waals surface area contributed by atoms with E-state index in [4.69, 9.17) is 11.6 Å². The highest BCUT2D eigenvalue weighted by Gasteiger charge is 2.29. The van der Waals surface area contributed by atoms with Crippen LogP contribution in [0.4, 0.5) is 5.82 Å². The minimum absolute atomic E-state index is 0.0405. The standard InChI is InChI=1S/C14H21ClN2O2S/c1-3-4-13-7-12(9-15)8-14(16-13)17-5-6-20(18,19)10-11(17)2/h7-8,11H,3-6,9-10H2,1-2H3. The van der Waals surface area contributed by atoms with Gasteiger partial charge in [0, 0.05) is 24.2 Å². The fraction of sp³-hybridized carbons (Fsp3) is 0.643. The Morgan fingerprint density at radius 3 is 2.80 bits per heavy atom. The molecule has 0 spiro atoms. The number of pyridine rings is 1. The smallest absolute Gasteiger partial charge is 0.154 e. The van der Waals surface area contributed by atoms with E-state index in [0.29, 0.717) is 12.4 Å². The highest BCUT2D eigenvalue weighted by Crippen LogP contribution is 2.23. The second-order valence-corrected chi connectivity index (χ2v) is 7.86. The Hall–Kier alpha value is -0.810. The molecule has 1 saturated heterocycles. The van der Waals surface area contributed by atoms with Crippen LogP contribution in [0.3, 0.4) is 0 Å². The first kappa shape index (κ1) is 15.6. The molecule has 20 heavy (non-hydrogen) atoms. The van der Waals surface area contributed by atoms with Crippen molar-refractivity contribution in [3.63, 3.8) is 0 Å². The van der Waals surface area contributed by atoms with E-state index in [-0.39, 0.29) is 17.5 Å². The number of rotatable bonds is 4. The number of aryl methyl sites for hydroxylation is 1. The molecule has 0 aliphatic carbocycles. The molecule has 0 radical (unpaired) electrons. The van der Waals surface area contributed by atoms with Gasteiger partial charge in [0.05, 0.1) is 11.5 Å². The van der Waals surface area contributed by atoms with Crippen molar-refractivity contribution in [3.8, 4) is 0 Å². The maximum Gasteiger partial charge on any atom is 0.154 e. The Kier molecular flexibility index (Phi) is 4.91. The maximum absolute atomic E-state index is 11.7. The molecule has 2 heterocycles. The summed E-state index contributed by atoms with van der Waals surface area (Å²) in [6.45, 7) is 4.56. The third-order valence-electron chi connectivity index (χ3n) is 3.55. The van der Waals surface area contributed by atoms with Gasteiger partial charge in [-0.2, -0.15) is 0 Å². The highest BCUT2D eigenvalue weighted by atomic mass is 35.5. The molecule has 1 fully saturated rings. The average molecular weight is 317 g/mol. The zero-order valence-electron chi connectivity index (χ0n) is 12.0. The summed E-state index contributed by atoms with van der Waals surface area (Å²) in [5.74, 6) is 1.71. The summed E-state index contributed by atoms with van der Waals surface area (Å²) in [4.78, 5) is 6.75. The van der Waals surface area contributed by atoms with E-state index in [2.05, 4.69) is 16.8 Å². The summed E-state index contributed by atoms with van der Waals surface area (Å²) in [5.41, 5.74) is 2.07. The van der Waals surface area contributed by atoms with Gasteiger partial charge in [0.2, 0.25) is 0 Å². The molecule has 112 valence electrons. The third kappa shape index (κ3) is 3.64. The zero-order valence-corrected chi connectivity index (χ0v) is 13.5. The molecule has 0 amide bonds. The predicted molar refractivity (Wildman–Crippen MR) is 83.3 cm³/mol. The van der Waals surface area contributed by atoms with Crippen LogP contribution < -0.4 is 4.90 Å². The van der Waals surface area contributed by atoms with Crippen LogP contribution in [0.25, 0.3) is 0 Å². The van der Waals surface area contributed by atoms with Crippen LogP contribution in [-0.2, 0) is 22.1 Å². The Morgan fingerprint density at radius 2 is 2.20 bits per heavy atom. The molecule has 1 aliphatic heterocycles. The maximum atomic E-state index is 11.7.